The number of rotatable bonds is 1. The molecular weight excluding hydrogens is 373 g/mol. The quantitative estimate of drug-likeness (QED) is 0.522. The highest BCUT2D eigenvalue weighted by atomic mass is 32.2. The van der Waals surface area contributed by atoms with Crippen LogP contribution in [0.4, 0.5) is 0 Å². The highest BCUT2D eigenvalue weighted by molar-refractivity contribution is 8.06. The number of hydrogen-bond acceptors (Lipinski definition) is 6. The zero-order valence-corrected chi connectivity index (χ0v) is 17.0. The molecule has 0 amide bonds. The third-order valence-electron chi connectivity index (χ3n) is 3.54. The minimum Gasteiger partial charge on any atom is -0.137 e. The molecule has 21 heavy (non-hydrogen) atoms. The molecule has 0 saturated heterocycles. The molecule has 0 nitrogen and oxygen atoms in total. The van der Waals surface area contributed by atoms with Crippen molar-refractivity contribution in [3.05, 3.63) is 9.75 Å². The summed E-state index contributed by atoms with van der Waals surface area (Å²) in [6, 6.07) is 0. The Morgan fingerprint density at radius 1 is 0.762 bits per heavy atom. The van der Waals surface area contributed by atoms with E-state index < -0.39 is 0 Å². The van der Waals surface area contributed by atoms with E-state index in [9.17, 15) is 0 Å². The lowest BCUT2D eigenvalue weighted by Crippen LogP contribution is -2.04. The number of hydrogen-bond donors (Lipinski definition) is 0. The Morgan fingerprint density at radius 3 is 2.05 bits per heavy atom. The lowest BCUT2D eigenvalue weighted by atomic mass is 10.3. The Hall–Kier alpha value is 0.800. The van der Waals surface area contributed by atoms with E-state index in [0.29, 0.717) is 0 Å². The van der Waals surface area contributed by atoms with Gasteiger partial charge in [-0.3, -0.25) is 0 Å². The van der Waals surface area contributed by atoms with Crippen LogP contribution >= 0.6 is 69.7 Å². The van der Waals surface area contributed by atoms with Gasteiger partial charge in [-0.1, -0.05) is 6.92 Å². The third kappa shape index (κ3) is 2.64. The monoisotopic (exact) mass is 388 g/mol. The average Bonchev–Trinajstić information content (AvgIpc) is 2.98. The smallest absolute Gasteiger partial charge is 0.0605 e. The van der Waals surface area contributed by atoms with E-state index in [1.807, 2.05) is 22.7 Å². The minimum atomic E-state index is 0.731. The van der Waals surface area contributed by atoms with Crippen molar-refractivity contribution in [3.8, 4) is 9.75 Å². The van der Waals surface area contributed by atoms with Crippen LogP contribution in [0.3, 0.4) is 0 Å². The Bertz CT molecular complexity index is 696. The van der Waals surface area contributed by atoms with Gasteiger partial charge in [0.15, 0.2) is 0 Å². The fourth-order valence-corrected chi connectivity index (χ4v) is 11.1. The van der Waals surface area contributed by atoms with Crippen LogP contribution < -0.4 is 0 Å². The predicted molar refractivity (Wildman–Crippen MR) is 105 cm³/mol. The summed E-state index contributed by atoms with van der Waals surface area (Å²) in [5.74, 6) is 3.77. The molecule has 0 radical (unpaired) electrons. The normalized spacial score (nSPS) is 21.2. The molecule has 0 aliphatic carbocycles. The van der Waals surface area contributed by atoms with Crippen molar-refractivity contribution >= 4 is 69.7 Å². The van der Waals surface area contributed by atoms with Crippen molar-refractivity contribution < 1.29 is 0 Å². The predicted octanol–water partition coefficient (Wildman–Crippen LogP) is 6.88. The molecule has 2 aromatic heterocycles. The van der Waals surface area contributed by atoms with Crippen LogP contribution in [0.5, 0.6) is 0 Å². The van der Waals surface area contributed by atoms with Gasteiger partial charge in [0.05, 0.1) is 9.75 Å². The van der Waals surface area contributed by atoms with Gasteiger partial charge in [-0.25, -0.2) is 0 Å². The molecule has 2 aliphatic heterocycles. The SMILES string of the molecule is Cc1sc(-c2sc(C)c3c2SC(C)CS3)c2c1SCCS2. The molecule has 4 heterocycles. The Kier molecular flexibility index (Phi) is 4.40. The van der Waals surface area contributed by atoms with Gasteiger partial charge in [-0.05, 0) is 13.8 Å². The first-order chi connectivity index (χ1) is 10.1. The zero-order chi connectivity index (χ0) is 14.6. The molecule has 0 N–H and O–H groups in total. The molecule has 1 atom stereocenters. The molecule has 4 rings (SSSR count). The van der Waals surface area contributed by atoms with Crippen molar-refractivity contribution in [3.63, 3.8) is 0 Å². The van der Waals surface area contributed by atoms with E-state index in [0.717, 1.165) is 5.25 Å². The van der Waals surface area contributed by atoms with E-state index in [-0.39, 0.29) is 0 Å². The molecule has 0 fully saturated rings. The number of fused-ring (bicyclic) bond motifs is 2. The van der Waals surface area contributed by atoms with Gasteiger partial charge in [0, 0.05) is 51.8 Å². The van der Waals surface area contributed by atoms with Crippen molar-refractivity contribution in [2.75, 3.05) is 17.3 Å². The maximum Gasteiger partial charge on any atom is 0.0605 e. The topological polar surface area (TPSA) is 0 Å². The van der Waals surface area contributed by atoms with E-state index in [2.05, 4.69) is 67.8 Å². The summed E-state index contributed by atoms with van der Waals surface area (Å²) in [5, 5.41) is 0.731. The van der Waals surface area contributed by atoms with Crippen molar-refractivity contribution in [1.29, 1.82) is 0 Å². The first-order valence-electron chi connectivity index (χ1n) is 6.97. The fraction of sp³-hybridized carbons (Fsp3) is 0.467. The summed E-state index contributed by atoms with van der Waals surface area (Å²) < 4.78 is 0. The van der Waals surface area contributed by atoms with Crippen LogP contribution in [0.2, 0.25) is 0 Å². The molecule has 0 bridgehead atoms. The largest absolute Gasteiger partial charge is 0.137 e. The maximum atomic E-state index is 2.36. The maximum absolute atomic E-state index is 2.36. The first-order valence-corrected chi connectivity index (χ1v) is 12.4. The number of aryl methyl sites for hydroxylation is 2. The molecule has 0 spiro atoms. The second-order valence-corrected chi connectivity index (χ2v) is 12.4. The number of thioether (sulfide) groups is 4. The minimum absolute atomic E-state index is 0.731. The second kappa shape index (κ2) is 6.02. The molecule has 2 aromatic rings. The second-order valence-electron chi connectivity index (χ2n) is 5.23. The highest BCUT2D eigenvalue weighted by Crippen LogP contribution is 2.57. The molecule has 0 saturated carbocycles. The van der Waals surface area contributed by atoms with Crippen molar-refractivity contribution in [1.82, 2.24) is 0 Å². The van der Waals surface area contributed by atoms with Gasteiger partial charge in [-0.2, -0.15) is 0 Å². The van der Waals surface area contributed by atoms with Gasteiger partial charge in [0.25, 0.3) is 0 Å². The van der Waals surface area contributed by atoms with Crippen LogP contribution in [0.15, 0.2) is 19.6 Å². The van der Waals surface area contributed by atoms with Gasteiger partial charge >= 0.3 is 0 Å². The molecule has 0 aromatic carbocycles. The lowest BCUT2D eigenvalue weighted by Gasteiger charge is -2.19. The summed E-state index contributed by atoms with van der Waals surface area (Å²) in [6.07, 6.45) is 0. The Balaban J connectivity index is 1.88. The standard InChI is InChI=1S/C15H16S6/c1-7-6-18-11-9(3)21-15(13(11)19-7)14-12-10(8(2)20-14)16-4-5-17-12/h7H,4-6H2,1-3H3. The van der Waals surface area contributed by atoms with Crippen LogP contribution in [0.25, 0.3) is 9.75 Å². The molecule has 112 valence electrons. The highest BCUT2D eigenvalue weighted by Gasteiger charge is 2.29. The summed E-state index contributed by atoms with van der Waals surface area (Å²) in [6.45, 7) is 6.95. The third-order valence-corrected chi connectivity index (χ3v) is 12.1. The molecule has 6 heteroatoms. The van der Waals surface area contributed by atoms with Gasteiger partial charge in [0.2, 0.25) is 0 Å². The van der Waals surface area contributed by atoms with Crippen LogP contribution in [-0.4, -0.2) is 22.5 Å². The summed E-state index contributed by atoms with van der Waals surface area (Å²) >= 11 is 12.3. The van der Waals surface area contributed by atoms with Crippen molar-refractivity contribution in [2.24, 2.45) is 0 Å². The number of thiophene rings is 2. The van der Waals surface area contributed by atoms with E-state index in [1.54, 1.807) is 29.3 Å². The van der Waals surface area contributed by atoms with E-state index in [1.165, 1.54) is 27.0 Å². The summed E-state index contributed by atoms with van der Waals surface area (Å²) in [7, 11) is 0. The van der Waals surface area contributed by atoms with Crippen molar-refractivity contribution in [2.45, 2.75) is 45.6 Å². The Morgan fingerprint density at radius 2 is 1.33 bits per heavy atom. The van der Waals surface area contributed by atoms with Gasteiger partial charge in [-0.15, -0.1) is 69.7 Å². The summed E-state index contributed by atoms with van der Waals surface area (Å²) in [4.78, 5) is 12.4. The van der Waals surface area contributed by atoms with Crippen LogP contribution in [0.1, 0.15) is 16.7 Å². The lowest BCUT2D eigenvalue weighted by molar-refractivity contribution is 1.09. The molecule has 2 aliphatic rings. The summed E-state index contributed by atoms with van der Waals surface area (Å²) in [5.41, 5.74) is 0. The van der Waals surface area contributed by atoms with Crippen LogP contribution in [0, 0.1) is 13.8 Å². The van der Waals surface area contributed by atoms with E-state index >= 15 is 0 Å². The fourth-order valence-electron chi connectivity index (χ4n) is 2.61. The van der Waals surface area contributed by atoms with Gasteiger partial charge < -0.3 is 0 Å². The van der Waals surface area contributed by atoms with E-state index in [4.69, 9.17) is 0 Å². The average molecular weight is 389 g/mol. The molecular formula is C15H16S6. The van der Waals surface area contributed by atoms with Gasteiger partial charge in [0.1, 0.15) is 0 Å². The Labute approximate surface area is 151 Å². The first kappa shape index (κ1) is 15.3. The zero-order valence-electron chi connectivity index (χ0n) is 12.1. The molecule has 1 unspecified atom stereocenters. The van der Waals surface area contributed by atoms with Crippen LogP contribution in [-0.2, 0) is 0 Å².